The predicted molar refractivity (Wildman–Crippen MR) is 268 cm³/mol. The van der Waals surface area contributed by atoms with E-state index in [1.807, 2.05) is 0 Å². The van der Waals surface area contributed by atoms with Crippen LogP contribution in [0.15, 0.2) is 78.9 Å². The molecule has 0 radical (unpaired) electrons. The average Bonchev–Trinajstić information content (AvgIpc) is 3.40. The molecule has 288 valence electrons. The molecule has 4 aromatic carbocycles. The zero-order chi connectivity index (χ0) is 42.2. The van der Waals surface area contributed by atoms with Crippen molar-refractivity contribution in [3.8, 4) is 16.8 Å². The van der Waals surface area contributed by atoms with Gasteiger partial charge in [-0.05, 0) is 95.9 Å². The average molecular weight is 737 g/mol. The fourth-order valence-electron chi connectivity index (χ4n) is 8.58. The quantitative estimate of drug-likeness (QED) is 0.149. The molecule has 56 heavy (non-hydrogen) atoms. The summed E-state index contributed by atoms with van der Waals surface area (Å²) in [5, 5.41) is 2.66. The standard InChI is InChI=1S/C50H68B5N/c1-17-29(47(5,6)7)23-28(27-46(2,3)4)33-19-18-20-35-37(33)39-36(56(35)32-25-30(48(8,9)10)24-31(26-32)49(11,12)13)22-21-34(40(39)50(14,15)16)38-41(51)43(53)45(55)44(54)42(38)52/h17-27H,1,51-55H2,2-16H3/b28-27+,29-23+. The first-order chi connectivity index (χ1) is 25.5. The zero-order valence-corrected chi connectivity index (χ0v) is 39.0. The Hall–Kier alpha value is -3.78. The van der Waals surface area contributed by atoms with Crippen molar-refractivity contribution >= 4 is 93.9 Å². The van der Waals surface area contributed by atoms with Gasteiger partial charge in [-0.25, -0.2) is 0 Å². The number of fused-ring (bicyclic) bond motifs is 3. The fourth-order valence-corrected chi connectivity index (χ4v) is 8.58. The Morgan fingerprint density at radius 1 is 0.589 bits per heavy atom. The van der Waals surface area contributed by atoms with Crippen molar-refractivity contribution in [3.05, 3.63) is 101 Å². The van der Waals surface area contributed by atoms with Crippen LogP contribution < -0.4 is 27.3 Å². The Morgan fingerprint density at radius 2 is 1.09 bits per heavy atom. The highest BCUT2D eigenvalue weighted by Crippen LogP contribution is 2.47. The lowest BCUT2D eigenvalue weighted by Crippen LogP contribution is -2.55. The Labute approximate surface area is 346 Å². The largest absolute Gasteiger partial charge is 0.309 e. The summed E-state index contributed by atoms with van der Waals surface area (Å²) in [4.78, 5) is 0. The van der Waals surface area contributed by atoms with Crippen molar-refractivity contribution in [2.75, 3.05) is 0 Å². The maximum Gasteiger partial charge on any atom is 0.139 e. The molecule has 0 N–H and O–H groups in total. The van der Waals surface area contributed by atoms with Gasteiger partial charge in [-0.15, -0.1) is 16.4 Å². The van der Waals surface area contributed by atoms with E-state index in [2.05, 4.69) is 221 Å². The third kappa shape index (κ3) is 8.15. The van der Waals surface area contributed by atoms with E-state index >= 15 is 0 Å². The summed E-state index contributed by atoms with van der Waals surface area (Å²) in [6.07, 6.45) is 6.94. The Balaban J connectivity index is 2.17. The topological polar surface area (TPSA) is 4.93 Å². The van der Waals surface area contributed by atoms with Crippen molar-refractivity contribution in [1.82, 2.24) is 4.57 Å². The number of hydrogen-bond donors (Lipinski definition) is 0. The molecule has 6 heteroatoms. The molecule has 1 aromatic heterocycles. The summed E-state index contributed by atoms with van der Waals surface area (Å²) in [5.41, 5.74) is 20.9. The number of aromatic nitrogens is 1. The van der Waals surface area contributed by atoms with Crippen LogP contribution >= 0.6 is 0 Å². The smallest absolute Gasteiger partial charge is 0.139 e. The number of benzene rings is 4. The van der Waals surface area contributed by atoms with Crippen LogP contribution in [0.5, 0.6) is 0 Å². The van der Waals surface area contributed by atoms with Crippen molar-refractivity contribution in [2.45, 2.75) is 120 Å². The molecule has 0 amide bonds. The lowest BCUT2D eigenvalue weighted by atomic mass is 9.59. The highest BCUT2D eigenvalue weighted by molar-refractivity contribution is 6.68. The van der Waals surface area contributed by atoms with Crippen molar-refractivity contribution in [1.29, 1.82) is 0 Å². The Kier molecular flexibility index (Phi) is 11.3. The summed E-state index contributed by atoms with van der Waals surface area (Å²) >= 11 is 0. The number of hydrogen-bond acceptors (Lipinski definition) is 0. The van der Waals surface area contributed by atoms with Gasteiger partial charge in [-0.2, -0.15) is 0 Å². The minimum atomic E-state index is -0.169. The fraction of sp³-hybridized carbons (Fsp3) is 0.400. The van der Waals surface area contributed by atoms with E-state index in [-0.39, 0.29) is 27.1 Å². The highest BCUT2D eigenvalue weighted by atomic mass is 15.0. The number of rotatable bonds is 5. The summed E-state index contributed by atoms with van der Waals surface area (Å²) < 4.78 is 2.58. The van der Waals surface area contributed by atoms with E-state index < -0.39 is 0 Å². The zero-order valence-electron chi connectivity index (χ0n) is 39.0. The molecule has 0 saturated carbocycles. The first kappa shape index (κ1) is 43.3. The van der Waals surface area contributed by atoms with E-state index in [1.165, 1.54) is 99.3 Å². The molecule has 1 heterocycles. The van der Waals surface area contributed by atoms with E-state index in [0.29, 0.717) is 0 Å². The summed E-state index contributed by atoms with van der Waals surface area (Å²) in [7, 11) is 11.6. The molecule has 0 spiro atoms. The molecule has 0 aliphatic rings. The van der Waals surface area contributed by atoms with Crippen LogP contribution in [-0.2, 0) is 16.2 Å². The van der Waals surface area contributed by atoms with Crippen molar-refractivity contribution in [3.63, 3.8) is 0 Å². The van der Waals surface area contributed by atoms with Gasteiger partial charge < -0.3 is 4.57 Å². The van der Waals surface area contributed by atoms with Crippen LogP contribution in [0.25, 0.3) is 44.2 Å². The monoisotopic (exact) mass is 738 g/mol. The van der Waals surface area contributed by atoms with Crippen LogP contribution in [0.1, 0.15) is 126 Å². The minimum Gasteiger partial charge on any atom is -0.309 e. The van der Waals surface area contributed by atoms with Gasteiger partial charge >= 0.3 is 0 Å². The molecule has 5 rings (SSSR count). The van der Waals surface area contributed by atoms with Gasteiger partial charge in [-0.3, -0.25) is 0 Å². The first-order valence-corrected chi connectivity index (χ1v) is 20.9. The second-order valence-electron chi connectivity index (χ2n) is 22.0. The van der Waals surface area contributed by atoms with E-state index in [4.69, 9.17) is 0 Å². The number of nitrogens with zero attached hydrogens (tertiary/aromatic N) is 1. The first-order valence-electron chi connectivity index (χ1n) is 20.9. The molecule has 0 saturated heterocycles. The molecule has 0 fully saturated rings. The molecular weight excluding hydrogens is 669 g/mol. The van der Waals surface area contributed by atoms with Crippen molar-refractivity contribution in [2.24, 2.45) is 10.8 Å². The minimum absolute atomic E-state index is 0.0126. The van der Waals surface area contributed by atoms with Gasteiger partial charge in [0.05, 0.1) is 11.0 Å². The summed E-state index contributed by atoms with van der Waals surface area (Å²) in [6.45, 7) is 39.4. The van der Waals surface area contributed by atoms with Crippen LogP contribution in [0.3, 0.4) is 0 Å². The van der Waals surface area contributed by atoms with Gasteiger partial charge in [-0.1, -0.05) is 164 Å². The van der Waals surface area contributed by atoms with Gasteiger partial charge in [0.25, 0.3) is 0 Å². The molecular formula is C50H68B5N. The lowest BCUT2D eigenvalue weighted by Gasteiger charge is -2.29. The maximum absolute atomic E-state index is 4.31. The third-order valence-electron chi connectivity index (χ3n) is 12.2. The maximum atomic E-state index is 4.31. The summed E-state index contributed by atoms with van der Waals surface area (Å²) in [6, 6.07) is 19.2. The van der Waals surface area contributed by atoms with E-state index in [9.17, 15) is 0 Å². The molecule has 1 nitrogen and oxygen atoms in total. The van der Waals surface area contributed by atoms with Gasteiger partial charge in [0.1, 0.15) is 39.2 Å². The molecule has 0 unspecified atom stereocenters. The SMILES string of the molecule is Bc1c(B)c(B)c(-c2ccc3c(c2C(C)(C)C)c2c(C(=C/C(C)(C)C)/C=C(\C=C)C(C)(C)C)cccc2n3-c2cc(C(C)(C)C)cc(C(C)(C)C)c2)c(B)c1B. The lowest BCUT2D eigenvalue weighted by molar-refractivity contribution is 0.517. The van der Waals surface area contributed by atoms with Crippen LogP contribution in [0.2, 0.25) is 0 Å². The normalized spacial score (nSPS) is 13.9. The molecule has 5 aromatic rings. The van der Waals surface area contributed by atoms with Crippen LogP contribution in [0, 0.1) is 10.8 Å². The van der Waals surface area contributed by atoms with Gasteiger partial charge in [0, 0.05) is 16.5 Å². The molecule has 0 bridgehead atoms. The number of allylic oxidation sites excluding steroid dienone is 5. The van der Waals surface area contributed by atoms with E-state index in [1.54, 1.807) is 0 Å². The molecule has 0 atom stereocenters. The van der Waals surface area contributed by atoms with Crippen LogP contribution in [-0.4, -0.2) is 43.8 Å². The van der Waals surface area contributed by atoms with E-state index in [0.717, 1.165) is 0 Å². The molecule has 0 aliphatic carbocycles. The van der Waals surface area contributed by atoms with Gasteiger partial charge in [0.15, 0.2) is 0 Å². The molecule has 0 aliphatic heterocycles. The summed E-state index contributed by atoms with van der Waals surface area (Å²) in [5.74, 6) is 0. The second kappa shape index (κ2) is 14.6. The highest BCUT2D eigenvalue weighted by Gasteiger charge is 2.31. The van der Waals surface area contributed by atoms with Gasteiger partial charge in [0.2, 0.25) is 0 Å². The Bertz CT molecular complexity index is 2370. The van der Waals surface area contributed by atoms with Crippen LogP contribution in [0.4, 0.5) is 0 Å². The Morgan fingerprint density at radius 3 is 1.54 bits per heavy atom. The predicted octanol–water partition coefficient (Wildman–Crippen LogP) is 6.22. The third-order valence-corrected chi connectivity index (χ3v) is 12.2. The van der Waals surface area contributed by atoms with Crippen molar-refractivity contribution < 1.29 is 0 Å². The second-order valence-corrected chi connectivity index (χ2v) is 22.0.